The SMILES string of the molecule is CN(c1nc(N)nc2c1ncn2[C@H]1C=C[C@@H](CO)C1)C1CC1. The lowest BCUT2D eigenvalue weighted by Crippen LogP contribution is -2.22. The van der Waals surface area contributed by atoms with Gasteiger partial charge in [0.15, 0.2) is 17.0 Å². The van der Waals surface area contributed by atoms with Gasteiger partial charge < -0.3 is 20.3 Å². The number of nitrogen functional groups attached to an aromatic ring is 1. The van der Waals surface area contributed by atoms with Crippen LogP contribution >= 0.6 is 0 Å². The zero-order valence-electron chi connectivity index (χ0n) is 12.6. The molecule has 1 fully saturated rings. The van der Waals surface area contributed by atoms with Crippen LogP contribution in [0.2, 0.25) is 0 Å². The topological polar surface area (TPSA) is 93.1 Å². The van der Waals surface area contributed by atoms with Crippen molar-refractivity contribution in [1.82, 2.24) is 19.5 Å². The summed E-state index contributed by atoms with van der Waals surface area (Å²) < 4.78 is 2.03. The Morgan fingerprint density at radius 1 is 1.36 bits per heavy atom. The minimum absolute atomic E-state index is 0.163. The Morgan fingerprint density at radius 2 is 2.18 bits per heavy atom. The summed E-state index contributed by atoms with van der Waals surface area (Å²) in [5.74, 6) is 1.29. The minimum atomic E-state index is 0.163. The van der Waals surface area contributed by atoms with E-state index in [9.17, 15) is 5.11 Å². The molecule has 2 heterocycles. The predicted molar refractivity (Wildman–Crippen MR) is 84.5 cm³/mol. The molecule has 0 aliphatic heterocycles. The van der Waals surface area contributed by atoms with Crippen LogP contribution in [0, 0.1) is 5.92 Å². The zero-order valence-corrected chi connectivity index (χ0v) is 12.6. The predicted octanol–water partition coefficient (Wildman–Crippen LogP) is 1.12. The van der Waals surface area contributed by atoms with E-state index in [0.717, 1.165) is 23.4 Å². The van der Waals surface area contributed by atoms with Crippen molar-refractivity contribution in [3.05, 3.63) is 18.5 Å². The van der Waals surface area contributed by atoms with Gasteiger partial charge in [0.25, 0.3) is 0 Å². The number of hydrogen-bond acceptors (Lipinski definition) is 6. The fourth-order valence-electron chi connectivity index (χ4n) is 3.14. The van der Waals surface area contributed by atoms with Gasteiger partial charge in [-0.15, -0.1) is 0 Å². The van der Waals surface area contributed by atoms with Crippen molar-refractivity contribution in [2.24, 2.45) is 5.92 Å². The number of nitrogens with zero attached hydrogens (tertiary/aromatic N) is 5. The molecule has 3 N–H and O–H groups in total. The summed E-state index contributed by atoms with van der Waals surface area (Å²) in [7, 11) is 2.04. The van der Waals surface area contributed by atoms with E-state index in [4.69, 9.17) is 5.73 Å². The maximum atomic E-state index is 9.30. The van der Waals surface area contributed by atoms with Crippen LogP contribution in [0.1, 0.15) is 25.3 Å². The number of allylic oxidation sites excluding steroid dienone is 1. The van der Waals surface area contributed by atoms with Crippen molar-refractivity contribution in [2.45, 2.75) is 31.3 Å². The molecule has 0 unspecified atom stereocenters. The van der Waals surface area contributed by atoms with Crippen molar-refractivity contribution in [1.29, 1.82) is 0 Å². The molecule has 1 saturated carbocycles. The van der Waals surface area contributed by atoms with Gasteiger partial charge in [0.05, 0.1) is 12.4 Å². The number of hydrogen-bond donors (Lipinski definition) is 2. The van der Waals surface area contributed by atoms with Gasteiger partial charge in [-0.3, -0.25) is 0 Å². The van der Waals surface area contributed by atoms with Gasteiger partial charge in [-0.05, 0) is 19.3 Å². The number of nitrogens with two attached hydrogens (primary N) is 1. The monoisotopic (exact) mass is 300 g/mol. The summed E-state index contributed by atoms with van der Waals surface area (Å²) in [6.07, 6.45) is 9.19. The highest BCUT2D eigenvalue weighted by Crippen LogP contribution is 2.35. The molecule has 0 aromatic carbocycles. The van der Waals surface area contributed by atoms with Crippen molar-refractivity contribution in [3.63, 3.8) is 0 Å². The van der Waals surface area contributed by atoms with Crippen LogP contribution in [0.4, 0.5) is 11.8 Å². The summed E-state index contributed by atoms with van der Waals surface area (Å²) in [6.45, 7) is 0.173. The Bertz CT molecular complexity index is 735. The highest BCUT2D eigenvalue weighted by molar-refractivity contribution is 5.85. The molecule has 2 aliphatic rings. The number of anilines is 2. The van der Waals surface area contributed by atoms with Crippen molar-refractivity contribution >= 4 is 22.9 Å². The number of aliphatic hydroxyl groups excluding tert-OH is 1. The first kappa shape index (κ1) is 13.5. The second-order valence-electron chi connectivity index (χ2n) is 6.20. The van der Waals surface area contributed by atoms with Gasteiger partial charge in [-0.2, -0.15) is 9.97 Å². The standard InChI is InChI=1S/C15H20N6O/c1-20(10-4-5-10)13-12-14(19-15(16)18-13)21(8-17-12)11-3-2-9(6-11)7-22/h2-3,8-11,22H,4-7H2,1H3,(H2,16,18,19)/t9-,11+/m1/s1. The molecule has 116 valence electrons. The van der Waals surface area contributed by atoms with E-state index < -0.39 is 0 Å². The average Bonchev–Trinajstić information content (AvgIpc) is 3.11. The van der Waals surface area contributed by atoms with Gasteiger partial charge in [-0.1, -0.05) is 12.2 Å². The number of fused-ring (bicyclic) bond motifs is 1. The Labute approximate surface area is 128 Å². The average molecular weight is 300 g/mol. The maximum absolute atomic E-state index is 9.30. The van der Waals surface area contributed by atoms with Gasteiger partial charge in [0, 0.05) is 25.6 Å². The van der Waals surface area contributed by atoms with Crippen LogP contribution in [0.15, 0.2) is 18.5 Å². The summed E-state index contributed by atoms with van der Waals surface area (Å²) in [4.78, 5) is 15.5. The zero-order chi connectivity index (χ0) is 15.3. The summed E-state index contributed by atoms with van der Waals surface area (Å²) in [6, 6.07) is 0.698. The van der Waals surface area contributed by atoms with E-state index in [0.29, 0.717) is 6.04 Å². The fraction of sp³-hybridized carbons (Fsp3) is 0.533. The van der Waals surface area contributed by atoms with E-state index in [2.05, 4.69) is 32.0 Å². The quantitative estimate of drug-likeness (QED) is 0.822. The lowest BCUT2D eigenvalue weighted by Gasteiger charge is -2.18. The molecule has 0 radical (unpaired) electrons. The molecule has 2 aromatic heterocycles. The molecule has 7 heteroatoms. The first-order chi connectivity index (χ1) is 10.7. The second-order valence-corrected chi connectivity index (χ2v) is 6.20. The van der Waals surface area contributed by atoms with Gasteiger partial charge >= 0.3 is 0 Å². The highest BCUT2D eigenvalue weighted by Gasteiger charge is 2.30. The molecule has 22 heavy (non-hydrogen) atoms. The van der Waals surface area contributed by atoms with Crippen molar-refractivity contribution in [2.75, 3.05) is 24.3 Å². The van der Waals surface area contributed by atoms with Gasteiger partial charge in [0.1, 0.15) is 0 Å². The molecule has 7 nitrogen and oxygen atoms in total. The second kappa shape index (κ2) is 4.95. The molecule has 0 saturated heterocycles. The van der Waals surface area contributed by atoms with Crippen LogP contribution in [-0.4, -0.2) is 44.3 Å². The summed E-state index contributed by atoms with van der Waals surface area (Å²) >= 11 is 0. The molecule has 2 aliphatic carbocycles. The van der Waals surface area contributed by atoms with E-state index in [1.165, 1.54) is 12.8 Å². The van der Waals surface area contributed by atoms with Gasteiger partial charge in [0.2, 0.25) is 5.95 Å². The van der Waals surface area contributed by atoms with E-state index in [-0.39, 0.29) is 24.5 Å². The molecule has 0 spiro atoms. The van der Waals surface area contributed by atoms with Crippen molar-refractivity contribution < 1.29 is 5.11 Å². The van der Waals surface area contributed by atoms with Gasteiger partial charge in [-0.25, -0.2) is 4.98 Å². The highest BCUT2D eigenvalue weighted by atomic mass is 16.3. The first-order valence-electron chi connectivity index (χ1n) is 7.69. The molecule has 0 bridgehead atoms. The number of imidazole rings is 1. The Balaban J connectivity index is 1.77. The Hall–Kier alpha value is -2.15. The maximum Gasteiger partial charge on any atom is 0.224 e. The van der Waals surface area contributed by atoms with Crippen LogP contribution in [0.3, 0.4) is 0 Å². The summed E-state index contributed by atoms with van der Waals surface area (Å²) in [5.41, 5.74) is 7.48. The smallest absolute Gasteiger partial charge is 0.224 e. The fourth-order valence-corrected chi connectivity index (χ4v) is 3.14. The molecular weight excluding hydrogens is 280 g/mol. The van der Waals surface area contributed by atoms with E-state index in [1.54, 1.807) is 6.33 Å². The van der Waals surface area contributed by atoms with Crippen LogP contribution in [-0.2, 0) is 0 Å². The molecular formula is C15H20N6O. The van der Waals surface area contributed by atoms with E-state index in [1.807, 2.05) is 11.6 Å². The number of aromatic nitrogens is 4. The largest absolute Gasteiger partial charge is 0.396 e. The lowest BCUT2D eigenvalue weighted by atomic mass is 10.1. The third-order valence-electron chi connectivity index (χ3n) is 4.59. The number of rotatable bonds is 4. The van der Waals surface area contributed by atoms with Crippen LogP contribution in [0.5, 0.6) is 0 Å². The molecule has 4 rings (SSSR count). The summed E-state index contributed by atoms with van der Waals surface area (Å²) in [5, 5.41) is 9.30. The number of aliphatic hydroxyl groups is 1. The Morgan fingerprint density at radius 3 is 2.86 bits per heavy atom. The first-order valence-corrected chi connectivity index (χ1v) is 7.69. The minimum Gasteiger partial charge on any atom is -0.396 e. The lowest BCUT2D eigenvalue weighted by molar-refractivity contribution is 0.244. The van der Waals surface area contributed by atoms with Crippen LogP contribution in [0.25, 0.3) is 11.2 Å². The molecule has 2 aromatic rings. The van der Waals surface area contributed by atoms with Crippen LogP contribution < -0.4 is 10.6 Å². The van der Waals surface area contributed by atoms with Crippen molar-refractivity contribution in [3.8, 4) is 0 Å². The normalized spacial score (nSPS) is 24.3. The third-order valence-corrected chi connectivity index (χ3v) is 4.59. The van der Waals surface area contributed by atoms with E-state index >= 15 is 0 Å². The molecule has 2 atom stereocenters. The molecule has 0 amide bonds. The third kappa shape index (κ3) is 2.12. The Kier molecular flexibility index (Phi) is 3.04.